The minimum Gasteiger partial charge on any atom is -0.399 e. The molecule has 1 heterocycles. The minimum atomic E-state index is -2.86. The predicted octanol–water partition coefficient (Wildman–Crippen LogP) is 2.87. The second kappa shape index (κ2) is 5.72. The number of anilines is 1. The average molecular weight is 328 g/mol. The van der Waals surface area contributed by atoms with Crippen LogP contribution in [0.25, 0.3) is 0 Å². The molecule has 1 aromatic carbocycles. The summed E-state index contributed by atoms with van der Waals surface area (Å²) in [5, 5.41) is 13.7. The van der Waals surface area contributed by atoms with Crippen LogP contribution in [0.2, 0.25) is 0 Å². The van der Waals surface area contributed by atoms with Gasteiger partial charge in [-0.2, -0.15) is 0 Å². The van der Waals surface area contributed by atoms with Crippen LogP contribution in [0.3, 0.4) is 0 Å². The maximum atomic E-state index is 13.3. The number of rotatable bonds is 4. The summed E-state index contributed by atoms with van der Waals surface area (Å²) >= 11 is 0. The van der Waals surface area contributed by atoms with E-state index in [1.165, 1.54) is 19.2 Å². The van der Waals surface area contributed by atoms with Crippen LogP contribution in [0.4, 0.5) is 20.2 Å². The third-order valence-corrected chi connectivity index (χ3v) is 4.38. The summed E-state index contributed by atoms with van der Waals surface area (Å²) in [5.74, 6) is 0. The highest BCUT2D eigenvalue weighted by Crippen LogP contribution is 2.38. The molecule has 0 saturated carbocycles. The summed E-state index contributed by atoms with van der Waals surface area (Å²) in [6.45, 7) is 7.27. The topological polar surface area (TPSA) is 73.6 Å². The first-order chi connectivity index (χ1) is 10.5. The van der Waals surface area contributed by atoms with Crippen LogP contribution < -0.4 is 10.8 Å². The zero-order valence-electron chi connectivity index (χ0n) is 13.6. The van der Waals surface area contributed by atoms with Gasteiger partial charge in [-0.25, -0.2) is 8.78 Å². The quantitative estimate of drug-likeness (QED) is 0.523. The van der Waals surface area contributed by atoms with Crippen molar-refractivity contribution in [1.82, 2.24) is 0 Å². The molecule has 6 nitrogen and oxygen atoms in total. The van der Waals surface area contributed by atoms with E-state index in [2.05, 4.69) is 5.32 Å². The molecule has 23 heavy (non-hydrogen) atoms. The highest BCUT2D eigenvalue weighted by molar-refractivity contribution is 6.62. The Morgan fingerprint density at radius 1 is 1.22 bits per heavy atom. The van der Waals surface area contributed by atoms with Crippen molar-refractivity contribution in [3.05, 3.63) is 27.8 Å². The standard InChI is InChI=1S/C14H19BF2N2O4/c1-13(2)14(3,4)23-15(22-13)8-6-9(12(16)17)11(18-5)10(7-8)19(20)21/h6-7,12,18H,1-5H3. The zero-order chi connectivity index (χ0) is 17.6. The number of alkyl halides is 2. The van der Waals surface area contributed by atoms with Crippen molar-refractivity contribution in [2.75, 3.05) is 12.4 Å². The lowest BCUT2D eigenvalue weighted by Gasteiger charge is -2.32. The summed E-state index contributed by atoms with van der Waals surface area (Å²) in [5.41, 5.74) is -2.23. The van der Waals surface area contributed by atoms with E-state index in [0.717, 1.165) is 0 Å². The third kappa shape index (κ3) is 3.03. The largest absolute Gasteiger partial charge is 0.495 e. The van der Waals surface area contributed by atoms with E-state index in [4.69, 9.17) is 9.31 Å². The first kappa shape index (κ1) is 17.6. The lowest BCUT2D eigenvalue weighted by molar-refractivity contribution is -0.383. The normalized spacial score (nSPS) is 19.2. The van der Waals surface area contributed by atoms with Crippen LogP contribution in [-0.2, 0) is 9.31 Å². The van der Waals surface area contributed by atoms with Crippen molar-refractivity contribution < 1.29 is 23.0 Å². The van der Waals surface area contributed by atoms with Gasteiger partial charge in [0.25, 0.3) is 12.1 Å². The lowest BCUT2D eigenvalue weighted by Crippen LogP contribution is -2.41. The van der Waals surface area contributed by atoms with Gasteiger partial charge < -0.3 is 14.6 Å². The SMILES string of the molecule is CNc1c(C(F)F)cc(B2OC(C)(C)C(C)(C)O2)cc1[N+](=O)[O-]. The first-order valence-electron chi connectivity index (χ1n) is 7.14. The molecule has 0 amide bonds. The molecule has 1 fully saturated rings. The Bertz CT molecular complexity index is 621. The molecule has 1 saturated heterocycles. The van der Waals surface area contributed by atoms with Gasteiger partial charge in [-0.15, -0.1) is 0 Å². The van der Waals surface area contributed by atoms with Crippen molar-refractivity contribution in [2.45, 2.75) is 45.3 Å². The van der Waals surface area contributed by atoms with Gasteiger partial charge in [0, 0.05) is 18.7 Å². The molecule has 0 aliphatic carbocycles. The molecule has 0 aromatic heterocycles. The second-order valence-corrected chi connectivity index (χ2v) is 6.40. The van der Waals surface area contributed by atoms with Gasteiger partial charge in [-0.1, -0.05) is 6.07 Å². The van der Waals surface area contributed by atoms with Crippen LogP contribution in [0, 0.1) is 10.1 Å². The molecule has 0 radical (unpaired) electrons. The van der Waals surface area contributed by atoms with Crippen LogP contribution in [0.5, 0.6) is 0 Å². The van der Waals surface area contributed by atoms with Crippen molar-refractivity contribution in [2.24, 2.45) is 0 Å². The Morgan fingerprint density at radius 2 is 1.74 bits per heavy atom. The summed E-state index contributed by atoms with van der Waals surface area (Å²) in [4.78, 5) is 10.5. The summed E-state index contributed by atoms with van der Waals surface area (Å²) < 4.78 is 38.1. The van der Waals surface area contributed by atoms with Gasteiger partial charge in [-0.3, -0.25) is 10.1 Å². The number of nitrogens with one attached hydrogen (secondary N) is 1. The number of benzene rings is 1. The molecule has 1 aromatic rings. The number of nitro benzene ring substituents is 1. The van der Waals surface area contributed by atoms with Crippen LogP contribution in [0.15, 0.2) is 12.1 Å². The van der Waals surface area contributed by atoms with Gasteiger partial charge in [0.05, 0.1) is 16.1 Å². The highest BCUT2D eigenvalue weighted by Gasteiger charge is 2.52. The van der Waals surface area contributed by atoms with Gasteiger partial charge >= 0.3 is 7.12 Å². The van der Waals surface area contributed by atoms with E-state index < -0.39 is 40.9 Å². The molecule has 126 valence electrons. The average Bonchev–Trinajstić information content (AvgIpc) is 2.65. The summed E-state index contributed by atoms with van der Waals surface area (Å²) in [7, 11) is 0.421. The molecular formula is C14H19BF2N2O4. The number of nitrogens with zero attached hydrogens (tertiary/aromatic N) is 1. The van der Waals surface area contributed by atoms with E-state index in [-0.39, 0.29) is 11.2 Å². The van der Waals surface area contributed by atoms with Crippen LogP contribution >= 0.6 is 0 Å². The molecule has 1 N–H and O–H groups in total. The Kier molecular flexibility index (Phi) is 4.38. The third-order valence-electron chi connectivity index (χ3n) is 4.38. The van der Waals surface area contributed by atoms with Gasteiger partial charge in [0.2, 0.25) is 0 Å². The fourth-order valence-electron chi connectivity index (χ4n) is 2.38. The van der Waals surface area contributed by atoms with Crippen molar-refractivity contribution >= 4 is 24.0 Å². The Hall–Kier alpha value is -1.74. The van der Waals surface area contributed by atoms with E-state index in [1.54, 1.807) is 0 Å². The Balaban J connectivity index is 2.55. The van der Waals surface area contributed by atoms with Gasteiger partial charge in [0.15, 0.2) is 0 Å². The van der Waals surface area contributed by atoms with Crippen LogP contribution in [-0.4, -0.2) is 30.3 Å². The van der Waals surface area contributed by atoms with E-state index >= 15 is 0 Å². The van der Waals surface area contributed by atoms with Crippen molar-refractivity contribution in [1.29, 1.82) is 0 Å². The molecule has 9 heteroatoms. The van der Waals surface area contributed by atoms with E-state index in [1.807, 2.05) is 27.7 Å². The molecule has 1 aliphatic rings. The summed E-state index contributed by atoms with van der Waals surface area (Å²) in [6, 6.07) is 2.39. The second-order valence-electron chi connectivity index (χ2n) is 6.40. The minimum absolute atomic E-state index is 0.199. The highest BCUT2D eigenvalue weighted by atomic mass is 19.3. The molecule has 0 unspecified atom stereocenters. The zero-order valence-corrected chi connectivity index (χ0v) is 13.6. The Morgan fingerprint density at radius 3 is 2.13 bits per heavy atom. The molecule has 0 atom stereocenters. The maximum Gasteiger partial charge on any atom is 0.495 e. The molecule has 0 bridgehead atoms. The lowest BCUT2D eigenvalue weighted by atomic mass is 9.77. The number of hydrogen-bond donors (Lipinski definition) is 1. The van der Waals surface area contributed by atoms with Crippen molar-refractivity contribution in [3.8, 4) is 0 Å². The van der Waals surface area contributed by atoms with Gasteiger partial charge in [0.1, 0.15) is 5.69 Å². The first-order valence-corrected chi connectivity index (χ1v) is 7.14. The molecular weight excluding hydrogens is 309 g/mol. The monoisotopic (exact) mass is 328 g/mol. The van der Waals surface area contributed by atoms with E-state index in [0.29, 0.717) is 0 Å². The molecule has 1 aliphatic heterocycles. The number of nitro groups is 1. The maximum absolute atomic E-state index is 13.3. The molecule has 2 rings (SSSR count). The smallest absolute Gasteiger partial charge is 0.399 e. The summed E-state index contributed by atoms with van der Waals surface area (Å²) in [6.07, 6.45) is -2.86. The molecule has 0 spiro atoms. The number of hydrogen-bond acceptors (Lipinski definition) is 5. The Labute approximate surface area is 133 Å². The van der Waals surface area contributed by atoms with Crippen LogP contribution in [0.1, 0.15) is 39.7 Å². The fraction of sp³-hybridized carbons (Fsp3) is 0.571. The van der Waals surface area contributed by atoms with Gasteiger partial charge in [-0.05, 0) is 33.2 Å². The number of halogens is 2. The van der Waals surface area contributed by atoms with E-state index in [9.17, 15) is 18.9 Å². The predicted molar refractivity (Wildman–Crippen MR) is 83.3 cm³/mol. The van der Waals surface area contributed by atoms with Crippen molar-refractivity contribution in [3.63, 3.8) is 0 Å². The fourth-order valence-corrected chi connectivity index (χ4v) is 2.38.